The van der Waals surface area contributed by atoms with Crippen LogP contribution in [0.4, 0.5) is 0 Å². The first kappa shape index (κ1) is 12.8. The van der Waals surface area contributed by atoms with E-state index >= 15 is 0 Å². The Bertz CT molecular complexity index is 335. The maximum absolute atomic E-state index is 5.32. The largest absolute Gasteiger partial charge is 0.316 e. The fraction of sp³-hybridized carbons (Fsp3) is 0.429. The Morgan fingerprint density at radius 1 is 1.25 bits per heavy atom. The second-order valence-corrected chi connectivity index (χ2v) is 3.85. The minimum atomic E-state index is 0.717. The molecule has 1 rings (SSSR count). The second kappa shape index (κ2) is 7.05. The fourth-order valence-electron chi connectivity index (χ4n) is 1.63. The van der Waals surface area contributed by atoms with Crippen LogP contribution in [0.15, 0.2) is 24.3 Å². The number of nitrogens with one attached hydrogen (secondary N) is 1. The fourth-order valence-corrected chi connectivity index (χ4v) is 1.63. The third kappa shape index (κ3) is 4.06. The molecule has 1 aromatic rings. The summed E-state index contributed by atoms with van der Waals surface area (Å²) in [5, 5.41) is 3.14. The monoisotopic (exact) mass is 216 g/mol. The molecular formula is C14H20N2. The first-order valence-electron chi connectivity index (χ1n) is 5.68. The quantitative estimate of drug-likeness (QED) is 0.730. The lowest BCUT2D eigenvalue weighted by Crippen LogP contribution is -2.22. The Labute approximate surface area is 98.7 Å². The normalized spacial score (nSPS) is 10.4. The van der Waals surface area contributed by atoms with Gasteiger partial charge < -0.3 is 5.32 Å². The predicted molar refractivity (Wildman–Crippen MR) is 69.0 cm³/mol. The van der Waals surface area contributed by atoms with Crippen LogP contribution in [0.5, 0.6) is 0 Å². The van der Waals surface area contributed by atoms with Crippen molar-refractivity contribution in [3.63, 3.8) is 0 Å². The average molecular weight is 216 g/mol. The molecule has 0 saturated heterocycles. The summed E-state index contributed by atoms with van der Waals surface area (Å²) < 4.78 is 0. The van der Waals surface area contributed by atoms with Crippen LogP contribution in [0.2, 0.25) is 0 Å². The molecule has 86 valence electrons. The van der Waals surface area contributed by atoms with Gasteiger partial charge in [-0.1, -0.05) is 37.1 Å². The molecule has 0 unspecified atom stereocenters. The first-order chi connectivity index (χ1) is 7.80. The van der Waals surface area contributed by atoms with Gasteiger partial charge in [0.2, 0.25) is 0 Å². The van der Waals surface area contributed by atoms with Gasteiger partial charge in [-0.05, 0) is 24.7 Å². The van der Waals surface area contributed by atoms with E-state index in [0.29, 0.717) is 0 Å². The highest BCUT2D eigenvalue weighted by molar-refractivity contribution is 5.22. The Hall–Kier alpha value is -1.30. The zero-order valence-corrected chi connectivity index (χ0v) is 10.2. The molecule has 0 spiro atoms. The van der Waals surface area contributed by atoms with E-state index in [4.69, 9.17) is 6.42 Å². The van der Waals surface area contributed by atoms with Crippen molar-refractivity contribution in [2.45, 2.75) is 20.0 Å². The van der Waals surface area contributed by atoms with Crippen molar-refractivity contribution >= 4 is 0 Å². The molecule has 0 amide bonds. The van der Waals surface area contributed by atoms with E-state index < -0.39 is 0 Å². The lowest BCUT2D eigenvalue weighted by molar-refractivity contribution is 0.316. The third-order valence-electron chi connectivity index (χ3n) is 2.57. The molecule has 2 nitrogen and oxygen atoms in total. The van der Waals surface area contributed by atoms with E-state index in [0.717, 1.165) is 26.2 Å². The number of rotatable bonds is 6. The van der Waals surface area contributed by atoms with E-state index in [2.05, 4.69) is 47.3 Å². The summed E-state index contributed by atoms with van der Waals surface area (Å²) in [4.78, 5) is 2.24. The molecule has 1 aromatic carbocycles. The highest BCUT2D eigenvalue weighted by Crippen LogP contribution is 2.07. The van der Waals surface area contributed by atoms with Crippen LogP contribution in [-0.2, 0) is 13.1 Å². The van der Waals surface area contributed by atoms with E-state index in [9.17, 15) is 0 Å². The topological polar surface area (TPSA) is 15.3 Å². The molecule has 0 atom stereocenters. The van der Waals surface area contributed by atoms with E-state index in [1.54, 1.807) is 0 Å². The number of nitrogens with zero attached hydrogens (tertiary/aromatic N) is 1. The summed E-state index contributed by atoms with van der Waals surface area (Å²) >= 11 is 0. The minimum absolute atomic E-state index is 0.717. The molecule has 0 aliphatic heterocycles. The molecule has 0 saturated carbocycles. The molecule has 0 aliphatic rings. The maximum atomic E-state index is 5.32. The Balaban J connectivity index is 2.57. The highest BCUT2D eigenvalue weighted by Gasteiger charge is 2.01. The van der Waals surface area contributed by atoms with Gasteiger partial charge in [0.25, 0.3) is 0 Å². The van der Waals surface area contributed by atoms with E-state index in [1.165, 1.54) is 11.1 Å². The van der Waals surface area contributed by atoms with Crippen molar-refractivity contribution in [2.75, 3.05) is 20.1 Å². The van der Waals surface area contributed by atoms with Crippen LogP contribution in [0, 0.1) is 12.3 Å². The summed E-state index contributed by atoms with van der Waals surface area (Å²) in [6, 6.07) is 8.67. The summed E-state index contributed by atoms with van der Waals surface area (Å²) in [5.74, 6) is 2.69. The molecule has 16 heavy (non-hydrogen) atoms. The SMILES string of the molecule is C#CCN(CC)Cc1ccc(CNC)cc1. The van der Waals surface area contributed by atoms with Crippen molar-refractivity contribution in [3.05, 3.63) is 35.4 Å². The zero-order valence-electron chi connectivity index (χ0n) is 10.2. The van der Waals surface area contributed by atoms with Gasteiger partial charge in [0.05, 0.1) is 6.54 Å². The van der Waals surface area contributed by atoms with Gasteiger partial charge >= 0.3 is 0 Å². The van der Waals surface area contributed by atoms with E-state index in [-0.39, 0.29) is 0 Å². The molecular weight excluding hydrogens is 196 g/mol. The summed E-state index contributed by atoms with van der Waals surface area (Å²) in [6.45, 7) is 5.69. The lowest BCUT2D eigenvalue weighted by Gasteiger charge is -2.17. The molecule has 0 aliphatic carbocycles. The third-order valence-corrected chi connectivity index (χ3v) is 2.57. The van der Waals surface area contributed by atoms with Crippen LogP contribution in [0.3, 0.4) is 0 Å². The number of benzene rings is 1. The molecule has 0 fully saturated rings. The first-order valence-corrected chi connectivity index (χ1v) is 5.68. The van der Waals surface area contributed by atoms with Crippen molar-refractivity contribution in [2.24, 2.45) is 0 Å². The van der Waals surface area contributed by atoms with Gasteiger partial charge in [-0.25, -0.2) is 0 Å². The number of terminal acetylenes is 1. The van der Waals surface area contributed by atoms with Gasteiger partial charge in [0.15, 0.2) is 0 Å². The van der Waals surface area contributed by atoms with Gasteiger partial charge in [-0.3, -0.25) is 4.90 Å². The Morgan fingerprint density at radius 3 is 2.38 bits per heavy atom. The van der Waals surface area contributed by atoms with Crippen LogP contribution in [-0.4, -0.2) is 25.0 Å². The molecule has 0 bridgehead atoms. The van der Waals surface area contributed by atoms with Crippen molar-refractivity contribution in [1.82, 2.24) is 10.2 Å². The van der Waals surface area contributed by atoms with E-state index in [1.807, 2.05) is 7.05 Å². The van der Waals surface area contributed by atoms with Crippen molar-refractivity contribution in [3.8, 4) is 12.3 Å². The summed E-state index contributed by atoms with van der Waals surface area (Å²) in [5.41, 5.74) is 2.63. The second-order valence-electron chi connectivity index (χ2n) is 3.85. The molecule has 1 N–H and O–H groups in total. The van der Waals surface area contributed by atoms with Gasteiger partial charge in [0.1, 0.15) is 0 Å². The molecule has 0 radical (unpaired) electrons. The molecule has 0 aromatic heterocycles. The van der Waals surface area contributed by atoms with Gasteiger partial charge in [-0.2, -0.15) is 0 Å². The smallest absolute Gasteiger partial charge is 0.0601 e. The van der Waals surface area contributed by atoms with Crippen molar-refractivity contribution < 1.29 is 0 Å². The van der Waals surface area contributed by atoms with Gasteiger partial charge in [0, 0.05) is 13.1 Å². The molecule has 2 heteroatoms. The Kier molecular flexibility index (Phi) is 5.63. The predicted octanol–water partition coefficient (Wildman–Crippen LogP) is 1.86. The van der Waals surface area contributed by atoms with Gasteiger partial charge in [-0.15, -0.1) is 6.42 Å². The zero-order chi connectivity index (χ0) is 11.8. The van der Waals surface area contributed by atoms with Crippen LogP contribution in [0.1, 0.15) is 18.1 Å². The average Bonchev–Trinajstić information content (AvgIpc) is 2.31. The van der Waals surface area contributed by atoms with Crippen LogP contribution >= 0.6 is 0 Å². The highest BCUT2D eigenvalue weighted by atomic mass is 15.1. The molecule has 0 heterocycles. The summed E-state index contributed by atoms with van der Waals surface area (Å²) in [6.07, 6.45) is 5.32. The van der Waals surface area contributed by atoms with Crippen LogP contribution < -0.4 is 5.32 Å². The van der Waals surface area contributed by atoms with Crippen LogP contribution in [0.25, 0.3) is 0 Å². The summed E-state index contributed by atoms with van der Waals surface area (Å²) in [7, 11) is 1.96. The number of hydrogen-bond donors (Lipinski definition) is 1. The maximum Gasteiger partial charge on any atom is 0.0601 e. The standard InChI is InChI=1S/C14H20N2/c1-4-10-16(5-2)12-14-8-6-13(7-9-14)11-15-3/h1,6-9,15H,5,10-12H2,2-3H3. The lowest BCUT2D eigenvalue weighted by atomic mass is 10.1. The minimum Gasteiger partial charge on any atom is -0.316 e. The van der Waals surface area contributed by atoms with Crippen molar-refractivity contribution in [1.29, 1.82) is 0 Å². The Morgan fingerprint density at radius 2 is 1.88 bits per heavy atom. The number of hydrogen-bond acceptors (Lipinski definition) is 2.